The number of hydrogen-bond donors (Lipinski definition) is 2. The van der Waals surface area contributed by atoms with Crippen LogP contribution in [0.3, 0.4) is 0 Å². The van der Waals surface area contributed by atoms with Crippen LogP contribution in [0.2, 0.25) is 0 Å². The number of halogens is 2. The third-order valence-electron chi connectivity index (χ3n) is 2.57. The Labute approximate surface area is 132 Å². The van der Waals surface area contributed by atoms with E-state index in [9.17, 15) is 22.9 Å². The van der Waals surface area contributed by atoms with Crippen molar-refractivity contribution in [3.05, 3.63) is 24.3 Å². The lowest BCUT2D eigenvalue weighted by Crippen LogP contribution is -2.37. The van der Waals surface area contributed by atoms with E-state index in [0.717, 1.165) is 0 Å². The van der Waals surface area contributed by atoms with Crippen molar-refractivity contribution in [2.45, 2.75) is 38.5 Å². The van der Waals surface area contributed by atoms with Crippen molar-refractivity contribution in [3.8, 4) is 0 Å². The van der Waals surface area contributed by atoms with Crippen molar-refractivity contribution >= 4 is 19.5 Å². The summed E-state index contributed by atoms with van der Waals surface area (Å²) in [5.41, 5.74) is -4.67. The molecular formula is C13H19F2O7P. The van der Waals surface area contributed by atoms with Gasteiger partial charge in [0.2, 0.25) is 0 Å². The Kier molecular flexibility index (Phi) is 7.76. The van der Waals surface area contributed by atoms with E-state index in [1.807, 2.05) is 0 Å². The Morgan fingerprint density at radius 1 is 1.17 bits per heavy atom. The molecule has 0 bridgehead atoms. The van der Waals surface area contributed by atoms with Crippen LogP contribution in [0.1, 0.15) is 26.7 Å². The minimum Gasteiger partial charge on any atom is -0.462 e. The van der Waals surface area contributed by atoms with Gasteiger partial charge in [-0.1, -0.05) is 13.2 Å². The first-order valence-corrected chi connectivity index (χ1v) is 8.04. The zero-order chi connectivity index (χ0) is 18.4. The lowest BCUT2D eigenvalue weighted by molar-refractivity contribution is -0.159. The Bertz CT molecular complexity index is 538. The fraction of sp³-hybridized carbons (Fsp3) is 0.538. The second-order valence-corrected chi connectivity index (χ2v) is 6.55. The summed E-state index contributed by atoms with van der Waals surface area (Å²) in [7, 11) is -5.86. The summed E-state index contributed by atoms with van der Waals surface area (Å²) in [6, 6.07) is 0. The molecule has 10 heteroatoms. The van der Waals surface area contributed by atoms with Gasteiger partial charge >= 0.3 is 25.2 Å². The monoisotopic (exact) mass is 356 g/mol. The molecule has 0 aromatic rings. The Morgan fingerprint density at radius 3 is 2.04 bits per heavy atom. The van der Waals surface area contributed by atoms with Crippen LogP contribution in [0, 0.1) is 0 Å². The molecule has 7 nitrogen and oxygen atoms in total. The number of ether oxygens (including phenoxy) is 2. The smallest absolute Gasteiger partial charge is 0.398 e. The normalized spacial score (nSPS) is 13.1. The van der Waals surface area contributed by atoms with Crippen LogP contribution in [-0.2, 0) is 23.6 Å². The van der Waals surface area contributed by atoms with Crippen molar-refractivity contribution in [1.82, 2.24) is 0 Å². The number of hydrogen-bond acceptors (Lipinski definition) is 5. The molecule has 0 saturated heterocycles. The molecule has 0 amide bonds. The number of carbonyl (C=O) groups is 2. The van der Waals surface area contributed by atoms with Gasteiger partial charge in [0, 0.05) is 11.1 Å². The average Bonchev–Trinajstić information content (AvgIpc) is 2.39. The van der Waals surface area contributed by atoms with Gasteiger partial charge in [-0.05, 0) is 26.7 Å². The molecular weight excluding hydrogens is 337 g/mol. The summed E-state index contributed by atoms with van der Waals surface area (Å²) in [6.07, 6.45) is -3.21. The van der Waals surface area contributed by atoms with Crippen molar-refractivity contribution in [1.29, 1.82) is 0 Å². The summed E-state index contributed by atoms with van der Waals surface area (Å²) < 4.78 is 47.5. The van der Waals surface area contributed by atoms with E-state index < -0.39 is 37.7 Å². The van der Waals surface area contributed by atoms with E-state index in [4.69, 9.17) is 9.79 Å². The van der Waals surface area contributed by atoms with Crippen LogP contribution in [0.4, 0.5) is 8.78 Å². The van der Waals surface area contributed by atoms with Crippen LogP contribution < -0.4 is 0 Å². The molecule has 0 spiro atoms. The van der Waals surface area contributed by atoms with E-state index in [0.29, 0.717) is 0 Å². The van der Waals surface area contributed by atoms with Gasteiger partial charge in [0.25, 0.3) is 0 Å². The molecule has 23 heavy (non-hydrogen) atoms. The zero-order valence-electron chi connectivity index (χ0n) is 12.8. The maximum atomic E-state index is 13.7. The molecule has 132 valence electrons. The lowest BCUT2D eigenvalue weighted by atomic mass is 10.2. The summed E-state index contributed by atoms with van der Waals surface area (Å²) in [6.45, 7) is 8.81. The second kappa shape index (κ2) is 8.33. The first kappa shape index (κ1) is 21.4. The zero-order valence-corrected chi connectivity index (χ0v) is 13.6. The van der Waals surface area contributed by atoms with Crippen molar-refractivity contribution < 1.29 is 42.2 Å². The molecule has 1 atom stereocenters. The molecule has 2 N–H and O–H groups in total. The number of esters is 2. The average molecular weight is 356 g/mol. The Morgan fingerprint density at radius 2 is 1.65 bits per heavy atom. The standard InChI is InChI=1S/C13H19F2O7P/c1-8(2)11(16)21-7-5-6-10(22-12(17)9(3)4)13(14,15)23(18,19)20/h10H,1,3,5-7H2,2,4H3,(H2,18,19,20). The maximum Gasteiger partial charge on any atom is 0.398 e. The van der Waals surface area contributed by atoms with Crippen LogP contribution in [0.5, 0.6) is 0 Å². The topological polar surface area (TPSA) is 110 Å². The van der Waals surface area contributed by atoms with Gasteiger partial charge in [0.05, 0.1) is 6.61 Å². The van der Waals surface area contributed by atoms with Gasteiger partial charge < -0.3 is 19.3 Å². The van der Waals surface area contributed by atoms with Gasteiger partial charge in [-0.25, -0.2) is 9.59 Å². The van der Waals surface area contributed by atoms with Gasteiger partial charge in [0.1, 0.15) is 0 Å². The third kappa shape index (κ3) is 6.60. The van der Waals surface area contributed by atoms with Crippen molar-refractivity contribution in [2.24, 2.45) is 0 Å². The predicted molar refractivity (Wildman–Crippen MR) is 76.7 cm³/mol. The molecule has 0 radical (unpaired) electrons. The molecule has 1 unspecified atom stereocenters. The van der Waals surface area contributed by atoms with Crippen LogP contribution >= 0.6 is 7.60 Å². The fourth-order valence-electron chi connectivity index (χ4n) is 1.28. The molecule has 0 aromatic heterocycles. The molecule has 0 heterocycles. The van der Waals surface area contributed by atoms with Gasteiger partial charge in [-0.2, -0.15) is 8.78 Å². The number of rotatable bonds is 9. The summed E-state index contributed by atoms with van der Waals surface area (Å²) in [5, 5.41) is 0. The van der Waals surface area contributed by atoms with E-state index in [2.05, 4.69) is 22.6 Å². The predicted octanol–water partition coefficient (Wildman–Crippen LogP) is 2.14. The summed E-state index contributed by atoms with van der Waals surface area (Å²) in [5.74, 6) is -1.94. The number of alkyl halides is 2. The quantitative estimate of drug-likeness (QED) is 0.282. The van der Waals surface area contributed by atoms with Gasteiger partial charge in [-0.15, -0.1) is 0 Å². The minimum atomic E-state index is -5.86. The van der Waals surface area contributed by atoms with Crippen molar-refractivity contribution in [2.75, 3.05) is 6.61 Å². The molecule has 0 aliphatic heterocycles. The highest BCUT2D eigenvalue weighted by atomic mass is 31.2. The highest BCUT2D eigenvalue weighted by molar-refractivity contribution is 7.53. The molecule has 0 saturated carbocycles. The van der Waals surface area contributed by atoms with Crippen LogP contribution in [0.25, 0.3) is 0 Å². The summed E-state index contributed by atoms with van der Waals surface area (Å²) >= 11 is 0. The highest BCUT2D eigenvalue weighted by Crippen LogP contribution is 2.56. The molecule has 0 aliphatic rings. The van der Waals surface area contributed by atoms with E-state index in [-0.39, 0.29) is 24.2 Å². The maximum absolute atomic E-state index is 13.7. The minimum absolute atomic E-state index is 0.107. The van der Waals surface area contributed by atoms with Gasteiger partial charge in [0.15, 0.2) is 6.10 Å². The number of carbonyl (C=O) groups excluding carboxylic acids is 2. The fourth-order valence-corrected chi connectivity index (χ4v) is 1.83. The van der Waals surface area contributed by atoms with Crippen LogP contribution in [0.15, 0.2) is 24.3 Å². The first-order chi connectivity index (χ1) is 10.3. The summed E-state index contributed by atoms with van der Waals surface area (Å²) in [4.78, 5) is 39.9. The van der Waals surface area contributed by atoms with E-state index >= 15 is 0 Å². The molecule has 0 rings (SSSR count). The Balaban J connectivity index is 4.91. The van der Waals surface area contributed by atoms with Gasteiger partial charge in [-0.3, -0.25) is 4.57 Å². The molecule has 0 fully saturated rings. The second-order valence-electron chi connectivity index (χ2n) is 4.86. The molecule has 0 aliphatic carbocycles. The third-order valence-corrected chi connectivity index (χ3v) is 3.63. The molecule has 0 aromatic carbocycles. The SMILES string of the molecule is C=C(C)C(=O)OCCCC(OC(=O)C(=C)C)C(F)(F)P(=O)(O)O. The van der Waals surface area contributed by atoms with E-state index in [1.54, 1.807) is 0 Å². The van der Waals surface area contributed by atoms with Crippen molar-refractivity contribution in [3.63, 3.8) is 0 Å². The highest BCUT2D eigenvalue weighted by Gasteiger charge is 2.57. The lowest BCUT2D eigenvalue weighted by Gasteiger charge is -2.27. The van der Waals surface area contributed by atoms with E-state index in [1.165, 1.54) is 13.8 Å². The van der Waals surface area contributed by atoms with Crippen LogP contribution in [-0.4, -0.2) is 40.1 Å². The largest absolute Gasteiger partial charge is 0.462 e. The first-order valence-electron chi connectivity index (χ1n) is 6.43. The Hall–Kier alpha value is -1.57.